The number of carbonyl (C=O) groups excluding carboxylic acids is 2. The first-order valence-corrected chi connectivity index (χ1v) is 11.8. The van der Waals surface area contributed by atoms with E-state index in [1.165, 1.54) is 18.4 Å². The van der Waals surface area contributed by atoms with Crippen molar-refractivity contribution in [2.75, 3.05) is 23.8 Å². The Kier molecular flexibility index (Phi) is 8.00. The van der Waals surface area contributed by atoms with E-state index in [0.29, 0.717) is 52.6 Å². The van der Waals surface area contributed by atoms with Gasteiger partial charge in [-0.3, -0.25) is 14.4 Å². The van der Waals surface area contributed by atoms with Crippen molar-refractivity contribution in [3.8, 4) is 11.5 Å². The monoisotopic (exact) mass is 498 g/mol. The lowest BCUT2D eigenvalue weighted by atomic mass is 10.1. The number of para-hydroxylation sites is 1. The summed E-state index contributed by atoms with van der Waals surface area (Å²) in [5.74, 6) is -0.0825. The highest BCUT2D eigenvalue weighted by Crippen LogP contribution is 2.37. The first-order valence-electron chi connectivity index (χ1n) is 11.8. The van der Waals surface area contributed by atoms with Crippen LogP contribution in [0.2, 0.25) is 0 Å². The fourth-order valence-corrected chi connectivity index (χ4v) is 3.64. The number of carbonyl (C=O) groups is 2. The van der Waals surface area contributed by atoms with Crippen molar-refractivity contribution >= 4 is 40.2 Å². The molecular formula is C29H26N2O6. The summed E-state index contributed by atoms with van der Waals surface area (Å²) in [5, 5.41) is 6.03. The molecule has 0 unspecified atom stereocenters. The molecule has 0 bridgehead atoms. The minimum atomic E-state index is -0.489. The van der Waals surface area contributed by atoms with Crippen molar-refractivity contribution in [3.63, 3.8) is 0 Å². The average molecular weight is 499 g/mol. The van der Waals surface area contributed by atoms with E-state index >= 15 is 0 Å². The first kappa shape index (κ1) is 25.2. The highest BCUT2D eigenvalue weighted by Gasteiger charge is 2.16. The maximum absolute atomic E-state index is 12.7. The van der Waals surface area contributed by atoms with Gasteiger partial charge in [-0.25, -0.2) is 0 Å². The molecule has 3 aromatic carbocycles. The molecule has 2 amide bonds. The predicted molar refractivity (Wildman–Crippen MR) is 143 cm³/mol. The van der Waals surface area contributed by atoms with Crippen LogP contribution in [0.15, 0.2) is 88.3 Å². The molecule has 1 heterocycles. The molecule has 0 radical (unpaired) electrons. The Morgan fingerprint density at radius 3 is 2.16 bits per heavy atom. The quantitative estimate of drug-likeness (QED) is 0.295. The van der Waals surface area contributed by atoms with Crippen LogP contribution in [0.1, 0.15) is 29.8 Å². The highest BCUT2D eigenvalue weighted by molar-refractivity contribution is 6.06. The number of nitrogens with one attached hydrogen (secondary N) is 2. The molecule has 0 spiro atoms. The van der Waals surface area contributed by atoms with Crippen molar-refractivity contribution < 1.29 is 23.5 Å². The van der Waals surface area contributed by atoms with Crippen LogP contribution >= 0.6 is 0 Å². The molecule has 0 aliphatic rings. The summed E-state index contributed by atoms with van der Waals surface area (Å²) in [4.78, 5) is 38.1. The van der Waals surface area contributed by atoms with E-state index in [2.05, 4.69) is 10.6 Å². The van der Waals surface area contributed by atoms with Gasteiger partial charge in [0.2, 0.25) is 5.91 Å². The Bertz CT molecular complexity index is 1510. The summed E-state index contributed by atoms with van der Waals surface area (Å²) in [6.07, 6.45) is 3.95. The lowest BCUT2D eigenvalue weighted by molar-refractivity contribution is -0.111. The number of rotatable bonds is 9. The van der Waals surface area contributed by atoms with E-state index in [4.69, 9.17) is 13.9 Å². The normalized spacial score (nSPS) is 10.9. The second kappa shape index (κ2) is 11.7. The summed E-state index contributed by atoms with van der Waals surface area (Å²) in [6.45, 7) is 4.29. The van der Waals surface area contributed by atoms with E-state index in [0.717, 1.165) is 0 Å². The Morgan fingerprint density at radius 1 is 0.865 bits per heavy atom. The van der Waals surface area contributed by atoms with Crippen LogP contribution in [0, 0.1) is 0 Å². The van der Waals surface area contributed by atoms with Gasteiger partial charge < -0.3 is 24.5 Å². The van der Waals surface area contributed by atoms with Crippen molar-refractivity contribution in [1.29, 1.82) is 0 Å². The number of fused-ring (bicyclic) bond motifs is 1. The van der Waals surface area contributed by atoms with Crippen LogP contribution < -0.4 is 25.5 Å². The lowest BCUT2D eigenvalue weighted by Gasteiger charge is -2.17. The van der Waals surface area contributed by atoms with Crippen LogP contribution in [-0.2, 0) is 4.79 Å². The molecular weight excluding hydrogens is 472 g/mol. The molecule has 4 aromatic rings. The third-order valence-electron chi connectivity index (χ3n) is 5.34. The fourth-order valence-electron chi connectivity index (χ4n) is 3.64. The van der Waals surface area contributed by atoms with Crippen molar-refractivity contribution in [1.82, 2.24) is 0 Å². The van der Waals surface area contributed by atoms with Crippen LogP contribution in [0.25, 0.3) is 17.0 Å². The Balaban J connectivity index is 1.59. The van der Waals surface area contributed by atoms with Gasteiger partial charge in [0.15, 0.2) is 5.43 Å². The number of ether oxygens (including phenoxy) is 2. The zero-order valence-corrected chi connectivity index (χ0v) is 20.4. The number of benzene rings is 3. The van der Waals surface area contributed by atoms with Gasteiger partial charge in [-0.05, 0) is 44.2 Å². The molecule has 0 atom stereocenters. The molecule has 37 heavy (non-hydrogen) atoms. The van der Waals surface area contributed by atoms with Gasteiger partial charge in [-0.1, -0.05) is 30.3 Å². The Labute approximate surface area is 213 Å². The van der Waals surface area contributed by atoms with Gasteiger partial charge in [-0.2, -0.15) is 0 Å². The van der Waals surface area contributed by atoms with Crippen LogP contribution in [0.4, 0.5) is 11.4 Å². The van der Waals surface area contributed by atoms with Crippen molar-refractivity contribution in [3.05, 3.63) is 100 Å². The van der Waals surface area contributed by atoms with Gasteiger partial charge in [0.05, 0.1) is 35.5 Å². The van der Waals surface area contributed by atoms with Gasteiger partial charge in [0, 0.05) is 23.8 Å². The first-order chi connectivity index (χ1) is 18.0. The van der Waals surface area contributed by atoms with Gasteiger partial charge in [-0.15, -0.1) is 0 Å². The molecule has 8 nitrogen and oxygen atoms in total. The van der Waals surface area contributed by atoms with E-state index < -0.39 is 5.91 Å². The summed E-state index contributed by atoms with van der Waals surface area (Å²) in [5.41, 5.74) is 1.72. The van der Waals surface area contributed by atoms with E-state index in [1.807, 2.05) is 19.9 Å². The third-order valence-corrected chi connectivity index (χ3v) is 5.34. The molecule has 0 fully saturated rings. The highest BCUT2D eigenvalue weighted by atomic mass is 16.5. The van der Waals surface area contributed by atoms with E-state index in [9.17, 15) is 14.4 Å². The van der Waals surface area contributed by atoms with Crippen molar-refractivity contribution in [2.45, 2.75) is 13.8 Å². The zero-order chi connectivity index (χ0) is 26.2. The second-order valence-corrected chi connectivity index (χ2v) is 7.87. The smallest absolute Gasteiger partial charge is 0.255 e. The molecule has 0 saturated carbocycles. The number of amides is 2. The maximum Gasteiger partial charge on any atom is 0.255 e. The lowest BCUT2D eigenvalue weighted by Crippen LogP contribution is -2.15. The molecule has 4 rings (SSSR count). The number of hydrogen-bond donors (Lipinski definition) is 2. The fraction of sp³-hybridized carbons (Fsp3) is 0.138. The summed E-state index contributed by atoms with van der Waals surface area (Å²) in [7, 11) is 0. The number of hydrogen-bond acceptors (Lipinski definition) is 6. The SMILES string of the molecule is CCOc1cc(NC(=O)c2ccccc2)c(OCC)cc1NC(=O)/C=C/c1coc2ccccc2c1=O. The summed E-state index contributed by atoms with van der Waals surface area (Å²) in [6, 6.07) is 18.9. The van der Waals surface area contributed by atoms with E-state index in [1.54, 1.807) is 60.7 Å². The number of anilines is 2. The summed E-state index contributed by atoms with van der Waals surface area (Å²) >= 11 is 0. The zero-order valence-electron chi connectivity index (χ0n) is 20.4. The largest absolute Gasteiger partial charge is 0.492 e. The van der Waals surface area contributed by atoms with Gasteiger partial charge >= 0.3 is 0 Å². The van der Waals surface area contributed by atoms with Crippen molar-refractivity contribution in [2.24, 2.45) is 0 Å². The molecule has 8 heteroatoms. The second-order valence-electron chi connectivity index (χ2n) is 7.87. The van der Waals surface area contributed by atoms with E-state index in [-0.39, 0.29) is 16.9 Å². The van der Waals surface area contributed by atoms with Gasteiger partial charge in [0.25, 0.3) is 5.91 Å². The molecule has 0 aliphatic carbocycles. The predicted octanol–water partition coefficient (Wildman–Crippen LogP) is 5.49. The Hall–Kier alpha value is -4.85. The van der Waals surface area contributed by atoms with Crippen LogP contribution in [0.3, 0.4) is 0 Å². The third kappa shape index (κ3) is 6.05. The van der Waals surface area contributed by atoms with Crippen LogP contribution in [-0.4, -0.2) is 25.0 Å². The average Bonchev–Trinajstić information content (AvgIpc) is 2.91. The molecule has 1 aromatic heterocycles. The molecule has 2 N–H and O–H groups in total. The standard InChI is InChI=1S/C29H26N2O6/c1-3-35-25-17-23(31-29(34)19-10-6-5-7-11-19)26(36-4-2)16-22(25)30-27(32)15-14-20-18-37-24-13-9-8-12-21(24)28(20)33/h5-18H,3-4H2,1-2H3,(H,30,32)(H,31,34)/b15-14+. The van der Waals surface area contributed by atoms with Crippen LogP contribution in [0.5, 0.6) is 11.5 Å². The molecule has 0 aliphatic heterocycles. The summed E-state index contributed by atoms with van der Waals surface area (Å²) < 4.78 is 16.9. The minimum absolute atomic E-state index is 0.238. The topological polar surface area (TPSA) is 107 Å². The molecule has 188 valence electrons. The molecule has 0 saturated heterocycles. The van der Waals surface area contributed by atoms with Gasteiger partial charge in [0.1, 0.15) is 23.3 Å². The maximum atomic E-state index is 12.7. The Morgan fingerprint density at radius 2 is 1.49 bits per heavy atom. The minimum Gasteiger partial charge on any atom is -0.492 e.